The summed E-state index contributed by atoms with van der Waals surface area (Å²) in [5.41, 5.74) is 6.41. The van der Waals surface area contributed by atoms with Crippen LogP contribution in [0.5, 0.6) is 0 Å². The van der Waals surface area contributed by atoms with E-state index in [2.05, 4.69) is 5.32 Å². The summed E-state index contributed by atoms with van der Waals surface area (Å²) in [4.78, 5) is 23.9. The molecule has 21 heavy (non-hydrogen) atoms. The van der Waals surface area contributed by atoms with Gasteiger partial charge in [-0.25, -0.2) is 4.79 Å². The van der Waals surface area contributed by atoms with Gasteiger partial charge in [0, 0.05) is 24.6 Å². The number of hydrogen-bond acceptors (Lipinski definition) is 3. The highest BCUT2D eigenvalue weighted by Gasteiger charge is 2.08. The number of nitrogens with two attached hydrogens (primary N) is 1. The molecule has 0 aliphatic carbocycles. The largest absolute Gasteiger partial charge is 0.397 e. The predicted molar refractivity (Wildman–Crippen MR) is 83.5 cm³/mol. The zero-order valence-electron chi connectivity index (χ0n) is 11.7. The van der Waals surface area contributed by atoms with Crippen LogP contribution in [0.25, 0.3) is 0 Å². The van der Waals surface area contributed by atoms with Gasteiger partial charge >= 0.3 is 5.69 Å². The van der Waals surface area contributed by atoms with Crippen molar-refractivity contribution in [1.29, 1.82) is 0 Å². The van der Waals surface area contributed by atoms with E-state index in [1.165, 1.54) is 4.57 Å². The smallest absolute Gasteiger partial charge is 0.328 e. The third-order valence-electron chi connectivity index (χ3n) is 2.98. The molecular weight excluding hydrogens is 292 g/mol. The highest BCUT2D eigenvalue weighted by Crippen LogP contribution is 2.22. The van der Waals surface area contributed by atoms with Gasteiger partial charge in [0.1, 0.15) is 6.54 Å². The standard InChI is InChI=1S/C14H17ClN4O2/c1-2-5-18-6-7-19(14(18)21)9-13(20)17-10-3-4-11(15)12(16)8-10/h3-4,6-8H,2,5,9,16H2,1H3,(H,17,20). The van der Waals surface area contributed by atoms with Crippen molar-refractivity contribution in [2.45, 2.75) is 26.4 Å². The number of anilines is 2. The van der Waals surface area contributed by atoms with E-state index in [4.69, 9.17) is 17.3 Å². The van der Waals surface area contributed by atoms with Gasteiger partial charge in [-0.15, -0.1) is 0 Å². The number of hydrogen-bond donors (Lipinski definition) is 2. The maximum absolute atomic E-state index is 12.0. The summed E-state index contributed by atoms with van der Waals surface area (Å²) < 4.78 is 2.94. The third kappa shape index (κ3) is 3.66. The van der Waals surface area contributed by atoms with E-state index in [0.29, 0.717) is 22.9 Å². The lowest BCUT2D eigenvalue weighted by Gasteiger charge is -2.07. The van der Waals surface area contributed by atoms with E-state index >= 15 is 0 Å². The summed E-state index contributed by atoms with van der Waals surface area (Å²) in [5.74, 6) is -0.298. The lowest BCUT2D eigenvalue weighted by Crippen LogP contribution is -2.29. The van der Waals surface area contributed by atoms with Gasteiger partial charge in [-0.3, -0.25) is 13.9 Å². The molecule has 0 spiro atoms. The zero-order valence-corrected chi connectivity index (χ0v) is 12.4. The number of aromatic nitrogens is 2. The normalized spacial score (nSPS) is 10.6. The van der Waals surface area contributed by atoms with Crippen LogP contribution < -0.4 is 16.7 Å². The van der Waals surface area contributed by atoms with Crippen molar-refractivity contribution < 1.29 is 4.79 Å². The lowest BCUT2D eigenvalue weighted by atomic mass is 10.3. The summed E-state index contributed by atoms with van der Waals surface area (Å²) in [5, 5.41) is 3.11. The average molecular weight is 309 g/mol. The molecule has 0 radical (unpaired) electrons. The van der Waals surface area contributed by atoms with E-state index in [9.17, 15) is 9.59 Å². The molecule has 1 aromatic heterocycles. The molecule has 0 atom stereocenters. The fraction of sp³-hybridized carbons (Fsp3) is 0.286. The Morgan fingerprint density at radius 1 is 1.33 bits per heavy atom. The number of benzene rings is 1. The first-order valence-corrected chi connectivity index (χ1v) is 6.99. The molecule has 3 N–H and O–H groups in total. The Morgan fingerprint density at radius 2 is 2.05 bits per heavy atom. The Bertz CT molecular complexity index is 705. The molecule has 6 nitrogen and oxygen atoms in total. The molecule has 0 bridgehead atoms. The van der Waals surface area contributed by atoms with Crippen molar-refractivity contribution >= 4 is 28.9 Å². The van der Waals surface area contributed by atoms with Crippen molar-refractivity contribution in [2.24, 2.45) is 0 Å². The number of nitrogen functional groups attached to an aromatic ring is 1. The monoisotopic (exact) mass is 308 g/mol. The molecule has 0 aliphatic heterocycles. The van der Waals surface area contributed by atoms with E-state index < -0.39 is 0 Å². The molecule has 1 amide bonds. The molecule has 1 heterocycles. The molecule has 0 aliphatic rings. The van der Waals surface area contributed by atoms with Crippen molar-refractivity contribution in [3.8, 4) is 0 Å². The molecule has 2 rings (SSSR count). The van der Waals surface area contributed by atoms with Crippen LogP contribution in [0, 0.1) is 0 Å². The summed E-state index contributed by atoms with van der Waals surface area (Å²) >= 11 is 5.81. The van der Waals surface area contributed by atoms with E-state index in [-0.39, 0.29) is 18.1 Å². The summed E-state index contributed by atoms with van der Waals surface area (Å²) in [6.45, 7) is 2.58. The van der Waals surface area contributed by atoms with Gasteiger partial charge in [0.05, 0.1) is 10.7 Å². The fourth-order valence-corrected chi connectivity index (χ4v) is 2.08. The van der Waals surface area contributed by atoms with Crippen LogP contribution in [0.3, 0.4) is 0 Å². The van der Waals surface area contributed by atoms with Crippen LogP contribution in [0.2, 0.25) is 5.02 Å². The number of amides is 1. The van der Waals surface area contributed by atoms with Gasteiger partial charge in [-0.1, -0.05) is 18.5 Å². The van der Waals surface area contributed by atoms with Crippen LogP contribution >= 0.6 is 11.6 Å². The second kappa shape index (κ2) is 6.49. The van der Waals surface area contributed by atoms with Crippen molar-refractivity contribution in [3.05, 3.63) is 46.1 Å². The Labute approximate surface area is 127 Å². The van der Waals surface area contributed by atoms with Crippen molar-refractivity contribution in [3.63, 3.8) is 0 Å². The van der Waals surface area contributed by atoms with Gasteiger partial charge in [-0.05, 0) is 24.6 Å². The second-order valence-corrected chi connectivity index (χ2v) is 5.09. The molecule has 0 saturated carbocycles. The SMILES string of the molecule is CCCn1ccn(CC(=O)Nc2ccc(Cl)c(N)c2)c1=O. The molecule has 2 aromatic rings. The maximum Gasteiger partial charge on any atom is 0.328 e. The van der Waals surface area contributed by atoms with Crippen LogP contribution in [-0.2, 0) is 17.9 Å². The number of halogens is 1. The Morgan fingerprint density at radius 3 is 2.71 bits per heavy atom. The van der Waals surface area contributed by atoms with Gasteiger partial charge in [-0.2, -0.15) is 0 Å². The topological polar surface area (TPSA) is 82.1 Å². The van der Waals surface area contributed by atoms with Gasteiger partial charge < -0.3 is 11.1 Å². The first kappa shape index (κ1) is 15.2. The minimum Gasteiger partial charge on any atom is -0.397 e. The highest BCUT2D eigenvalue weighted by molar-refractivity contribution is 6.33. The number of imidazole rings is 1. The van der Waals surface area contributed by atoms with Gasteiger partial charge in [0.25, 0.3) is 0 Å². The number of aryl methyl sites for hydroxylation is 1. The lowest BCUT2D eigenvalue weighted by molar-refractivity contribution is -0.116. The quantitative estimate of drug-likeness (QED) is 0.828. The van der Waals surface area contributed by atoms with Crippen molar-refractivity contribution in [1.82, 2.24) is 9.13 Å². The van der Waals surface area contributed by atoms with E-state index in [0.717, 1.165) is 6.42 Å². The number of carbonyl (C=O) groups excluding carboxylic acids is 1. The van der Waals surface area contributed by atoms with Gasteiger partial charge in [0.2, 0.25) is 5.91 Å². The summed E-state index contributed by atoms with van der Waals surface area (Å²) in [7, 11) is 0. The van der Waals surface area contributed by atoms with Crippen LogP contribution in [0.15, 0.2) is 35.4 Å². The van der Waals surface area contributed by atoms with Crippen LogP contribution in [-0.4, -0.2) is 15.0 Å². The molecule has 0 unspecified atom stereocenters. The van der Waals surface area contributed by atoms with Crippen LogP contribution in [0.1, 0.15) is 13.3 Å². The molecule has 0 saturated heterocycles. The maximum atomic E-state index is 12.0. The molecule has 112 valence electrons. The first-order chi connectivity index (χ1) is 10.0. The zero-order chi connectivity index (χ0) is 15.4. The third-order valence-corrected chi connectivity index (χ3v) is 3.32. The Hall–Kier alpha value is -2.21. The summed E-state index contributed by atoms with van der Waals surface area (Å²) in [6.07, 6.45) is 4.15. The van der Waals surface area contributed by atoms with Crippen molar-refractivity contribution in [2.75, 3.05) is 11.1 Å². The second-order valence-electron chi connectivity index (χ2n) is 4.69. The molecule has 0 fully saturated rings. The molecular formula is C14H17ClN4O2. The van der Waals surface area contributed by atoms with Gasteiger partial charge in [0.15, 0.2) is 0 Å². The van der Waals surface area contributed by atoms with E-state index in [1.807, 2.05) is 6.92 Å². The number of nitrogens with zero attached hydrogens (tertiary/aromatic N) is 2. The Kier molecular flexibility index (Phi) is 4.70. The number of rotatable bonds is 5. The minimum atomic E-state index is -0.298. The molecule has 1 aromatic carbocycles. The average Bonchev–Trinajstić information content (AvgIpc) is 2.76. The predicted octanol–water partition coefficient (Wildman–Crippen LogP) is 1.93. The number of nitrogens with one attached hydrogen (secondary N) is 1. The fourth-order valence-electron chi connectivity index (χ4n) is 1.96. The van der Waals surface area contributed by atoms with E-state index in [1.54, 1.807) is 35.2 Å². The first-order valence-electron chi connectivity index (χ1n) is 6.61. The van der Waals surface area contributed by atoms with Crippen LogP contribution in [0.4, 0.5) is 11.4 Å². The summed E-state index contributed by atoms with van der Waals surface area (Å²) in [6, 6.07) is 4.84. The Balaban J connectivity index is 2.04. The molecule has 7 heteroatoms. The highest BCUT2D eigenvalue weighted by atomic mass is 35.5. The minimum absolute atomic E-state index is 0.0436. The number of carbonyl (C=O) groups is 1.